The van der Waals surface area contributed by atoms with Crippen LogP contribution < -0.4 is 5.73 Å². The number of benzene rings is 1. The maximum atomic E-state index is 6.00. The number of rotatable bonds is 3. The van der Waals surface area contributed by atoms with Crippen molar-refractivity contribution in [3.05, 3.63) is 35.0 Å². The molecule has 3 N–H and O–H groups in total. The predicted molar refractivity (Wildman–Crippen MR) is 77.4 cm³/mol. The highest BCUT2D eigenvalue weighted by Gasteiger charge is 2.20. The van der Waals surface area contributed by atoms with Gasteiger partial charge in [-0.1, -0.05) is 17.7 Å². The standard InChI is InChI=1S/C14H18ClN3O/c15-11-1-2-13-10(7-17-14(13)5-11)8-18-3-4-19-12(6-16)9-18/h1-2,5,7,12,17H,3-4,6,8-9,16H2. The van der Waals surface area contributed by atoms with E-state index in [4.69, 9.17) is 22.1 Å². The van der Waals surface area contributed by atoms with Crippen LogP contribution in [-0.2, 0) is 11.3 Å². The molecular formula is C14H18ClN3O. The summed E-state index contributed by atoms with van der Waals surface area (Å²) < 4.78 is 5.59. The quantitative estimate of drug-likeness (QED) is 0.903. The van der Waals surface area contributed by atoms with Crippen LogP contribution in [0.5, 0.6) is 0 Å². The zero-order chi connectivity index (χ0) is 13.2. The number of aromatic amines is 1. The first kappa shape index (κ1) is 12.9. The van der Waals surface area contributed by atoms with E-state index in [-0.39, 0.29) is 6.10 Å². The molecule has 0 aliphatic carbocycles. The SMILES string of the molecule is NCC1CN(Cc2c[nH]c3cc(Cl)ccc23)CCO1. The maximum Gasteiger partial charge on any atom is 0.0824 e. The first-order valence-corrected chi connectivity index (χ1v) is 6.93. The molecule has 0 radical (unpaired) electrons. The lowest BCUT2D eigenvalue weighted by Crippen LogP contribution is -2.45. The van der Waals surface area contributed by atoms with Crippen LogP contribution in [0.4, 0.5) is 0 Å². The van der Waals surface area contributed by atoms with Gasteiger partial charge in [-0.3, -0.25) is 4.90 Å². The normalized spacial score (nSPS) is 21.1. The maximum absolute atomic E-state index is 6.00. The van der Waals surface area contributed by atoms with E-state index in [0.29, 0.717) is 6.54 Å². The molecule has 1 saturated heterocycles. The fourth-order valence-electron chi connectivity index (χ4n) is 2.60. The predicted octanol–water partition coefficient (Wildman–Crippen LogP) is 1.98. The third kappa shape index (κ3) is 2.77. The van der Waals surface area contributed by atoms with Gasteiger partial charge in [0.15, 0.2) is 0 Å². The van der Waals surface area contributed by atoms with Crippen molar-refractivity contribution in [3.8, 4) is 0 Å². The van der Waals surface area contributed by atoms with Crippen molar-refractivity contribution in [2.75, 3.05) is 26.2 Å². The number of hydrogen-bond donors (Lipinski definition) is 2. The third-order valence-electron chi connectivity index (χ3n) is 3.61. The zero-order valence-electron chi connectivity index (χ0n) is 10.7. The molecule has 0 amide bonds. The molecule has 4 nitrogen and oxygen atoms in total. The van der Waals surface area contributed by atoms with E-state index in [0.717, 1.165) is 36.8 Å². The van der Waals surface area contributed by atoms with Gasteiger partial charge in [0, 0.05) is 48.3 Å². The van der Waals surface area contributed by atoms with E-state index in [1.807, 2.05) is 12.1 Å². The van der Waals surface area contributed by atoms with Crippen molar-refractivity contribution < 1.29 is 4.74 Å². The minimum absolute atomic E-state index is 0.161. The summed E-state index contributed by atoms with van der Waals surface area (Å²) in [6.45, 7) is 4.12. The van der Waals surface area contributed by atoms with E-state index in [1.54, 1.807) is 0 Å². The number of halogens is 1. The number of hydrogen-bond acceptors (Lipinski definition) is 3. The van der Waals surface area contributed by atoms with Crippen LogP contribution in [0.15, 0.2) is 24.4 Å². The first-order chi connectivity index (χ1) is 9.26. The lowest BCUT2D eigenvalue weighted by molar-refractivity contribution is -0.0259. The van der Waals surface area contributed by atoms with Gasteiger partial charge in [-0.2, -0.15) is 0 Å². The van der Waals surface area contributed by atoms with Crippen molar-refractivity contribution >= 4 is 22.5 Å². The Morgan fingerprint density at radius 2 is 2.37 bits per heavy atom. The van der Waals surface area contributed by atoms with Gasteiger partial charge < -0.3 is 15.5 Å². The Hall–Kier alpha value is -1.07. The van der Waals surface area contributed by atoms with E-state index in [1.165, 1.54) is 10.9 Å². The van der Waals surface area contributed by atoms with Crippen LogP contribution in [0.25, 0.3) is 10.9 Å². The second-order valence-electron chi connectivity index (χ2n) is 4.97. The summed E-state index contributed by atoms with van der Waals surface area (Å²) in [4.78, 5) is 5.66. The second-order valence-corrected chi connectivity index (χ2v) is 5.40. The average Bonchev–Trinajstić information content (AvgIpc) is 2.81. The Morgan fingerprint density at radius 1 is 1.47 bits per heavy atom. The number of ether oxygens (including phenoxy) is 1. The Labute approximate surface area is 117 Å². The molecule has 0 bridgehead atoms. The van der Waals surface area contributed by atoms with Crippen LogP contribution in [0.1, 0.15) is 5.56 Å². The molecule has 0 spiro atoms. The molecule has 102 valence electrons. The largest absolute Gasteiger partial charge is 0.374 e. The molecule has 5 heteroatoms. The molecular weight excluding hydrogens is 262 g/mol. The van der Waals surface area contributed by atoms with Gasteiger partial charge in [-0.05, 0) is 17.7 Å². The highest BCUT2D eigenvalue weighted by atomic mass is 35.5. The van der Waals surface area contributed by atoms with Gasteiger partial charge >= 0.3 is 0 Å². The molecule has 19 heavy (non-hydrogen) atoms. The van der Waals surface area contributed by atoms with Crippen molar-refractivity contribution in [3.63, 3.8) is 0 Å². The molecule has 0 saturated carbocycles. The molecule has 2 aromatic rings. The van der Waals surface area contributed by atoms with E-state index in [9.17, 15) is 0 Å². The van der Waals surface area contributed by atoms with Gasteiger partial charge in [0.25, 0.3) is 0 Å². The smallest absolute Gasteiger partial charge is 0.0824 e. The molecule has 1 atom stereocenters. The van der Waals surface area contributed by atoms with E-state index in [2.05, 4.69) is 22.1 Å². The lowest BCUT2D eigenvalue weighted by atomic mass is 10.1. The van der Waals surface area contributed by atoms with E-state index >= 15 is 0 Å². The number of fused-ring (bicyclic) bond motifs is 1. The number of nitrogens with two attached hydrogens (primary N) is 1. The monoisotopic (exact) mass is 279 g/mol. The summed E-state index contributed by atoms with van der Waals surface area (Å²) in [5, 5.41) is 2.00. The fraction of sp³-hybridized carbons (Fsp3) is 0.429. The lowest BCUT2D eigenvalue weighted by Gasteiger charge is -2.32. The van der Waals surface area contributed by atoms with Crippen LogP contribution >= 0.6 is 11.6 Å². The molecule has 1 fully saturated rings. The van der Waals surface area contributed by atoms with Crippen LogP contribution in [0.2, 0.25) is 5.02 Å². The van der Waals surface area contributed by atoms with Gasteiger partial charge in [0.2, 0.25) is 0 Å². The minimum atomic E-state index is 0.161. The molecule has 1 aromatic heterocycles. The second kappa shape index (κ2) is 5.51. The highest BCUT2D eigenvalue weighted by Crippen LogP contribution is 2.23. The number of nitrogens with zero attached hydrogens (tertiary/aromatic N) is 1. The third-order valence-corrected chi connectivity index (χ3v) is 3.84. The molecule has 1 aromatic carbocycles. The van der Waals surface area contributed by atoms with Gasteiger partial charge in [0.05, 0.1) is 12.7 Å². The highest BCUT2D eigenvalue weighted by molar-refractivity contribution is 6.31. The van der Waals surface area contributed by atoms with Crippen molar-refractivity contribution in [1.82, 2.24) is 9.88 Å². The molecule has 3 rings (SSSR count). The topological polar surface area (TPSA) is 54.3 Å². The Morgan fingerprint density at radius 3 is 3.21 bits per heavy atom. The Balaban J connectivity index is 1.77. The van der Waals surface area contributed by atoms with Crippen LogP contribution in [-0.4, -0.2) is 42.2 Å². The molecule has 1 aliphatic rings. The Bertz CT molecular complexity index is 569. The first-order valence-electron chi connectivity index (χ1n) is 6.56. The molecule has 2 heterocycles. The van der Waals surface area contributed by atoms with Crippen molar-refractivity contribution in [1.29, 1.82) is 0 Å². The summed E-state index contributed by atoms with van der Waals surface area (Å²) in [6.07, 6.45) is 2.22. The summed E-state index contributed by atoms with van der Waals surface area (Å²) in [5.74, 6) is 0. The summed E-state index contributed by atoms with van der Waals surface area (Å²) in [7, 11) is 0. The minimum Gasteiger partial charge on any atom is -0.374 e. The van der Waals surface area contributed by atoms with Crippen molar-refractivity contribution in [2.45, 2.75) is 12.6 Å². The van der Waals surface area contributed by atoms with E-state index < -0.39 is 0 Å². The van der Waals surface area contributed by atoms with Crippen LogP contribution in [0.3, 0.4) is 0 Å². The average molecular weight is 280 g/mol. The Kier molecular flexibility index (Phi) is 3.75. The summed E-state index contributed by atoms with van der Waals surface area (Å²) in [6, 6.07) is 5.97. The fourth-order valence-corrected chi connectivity index (χ4v) is 2.77. The number of aromatic nitrogens is 1. The molecule has 1 aliphatic heterocycles. The zero-order valence-corrected chi connectivity index (χ0v) is 11.5. The summed E-state index contributed by atoms with van der Waals surface area (Å²) >= 11 is 6.00. The number of morpholine rings is 1. The van der Waals surface area contributed by atoms with Gasteiger partial charge in [-0.15, -0.1) is 0 Å². The number of H-pyrrole nitrogens is 1. The molecule has 1 unspecified atom stereocenters. The van der Waals surface area contributed by atoms with Crippen LogP contribution in [0, 0.1) is 0 Å². The summed E-state index contributed by atoms with van der Waals surface area (Å²) in [5.41, 5.74) is 8.06. The van der Waals surface area contributed by atoms with Crippen molar-refractivity contribution in [2.24, 2.45) is 5.73 Å². The van der Waals surface area contributed by atoms with Gasteiger partial charge in [0.1, 0.15) is 0 Å². The van der Waals surface area contributed by atoms with Gasteiger partial charge in [-0.25, -0.2) is 0 Å². The number of nitrogens with one attached hydrogen (secondary N) is 1.